The van der Waals surface area contributed by atoms with Crippen molar-refractivity contribution in [3.8, 4) is 0 Å². The Morgan fingerprint density at radius 2 is 2.03 bits per heavy atom. The predicted molar refractivity (Wildman–Crippen MR) is 121 cm³/mol. The van der Waals surface area contributed by atoms with Gasteiger partial charge in [-0.2, -0.15) is 9.61 Å². The molecule has 0 aromatic carbocycles. The van der Waals surface area contributed by atoms with E-state index in [0.717, 1.165) is 32.1 Å². The first-order valence-corrected chi connectivity index (χ1v) is 11.1. The van der Waals surface area contributed by atoms with Crippen LogP contribution in [0.1, 0.15) is 48.5 Å². The number of hydrogen-bond acceptors (Lipinski definition) is 7. The molecule has 3 aromatic heterocycles. The fraction of sp³-hybridized carbons (Fsp3) is 0.455. The maximum Gasteiger partial charge on any atom is 0.274 e. The highest BCUT2D eigenvalue weighted by Crippen LogP contribution is 2.24. The lowest BCUT2D eigenvalue weighted by atomic mass is 9.93. The molecule has 0 spiro atoms. The van der Waals surface area contributed by atoms with Crippen LogP contribution in [0.15, 0.2) is 35.4 Å². The molecule has 0 atom stereocenters. The third-order valence-corrected chi connectivity index (χ3v) is 6.23. The van der Waals surface area contributed by atoms with Crippen LogP contribution in [0.4, 0.5) is 17.3 Å². The second kappa shape index (κ2) is 8.62. The monoisotopic (exact) mass is 437 g/mol. The minimum absolute atomic E-state index is 0.108. The first kappa shape index (κ1) is 20.5. The maximum atomic E-state index is 13.1. The molecule has 0 bridgehead atoms. The van der Waals surface area contributed by atoms with E-state index in [0.29, 0.717) is 41.7 Å². The summed E-state index contributed by atoms with van der Waals surface area (Å²) in [6.45, 7) is 1.32. The highest BCUT2D eigenvalue weighted by atomic mass is 16.5. The molecule has 2 aliphatic rings. The largest absolute Gasteiger partial charge is 0.381 e. The summed E-state index contributed by atoms with van der Waals surface area (Å²) in [5, 5.41) is 13.6. The van der Waals surface area contributed by atoms with Crippen LogP contribution in [0.2, 0.25) is 0 Å². The average molecular weight is 438 g/mol. The van der Waals surface area contributed by atoms with Crippen molar-refractivity contribution in [2.75, 3.05) is 30.9 Å². The van der Waals surface area contributed by atoms with E-state index >= 15 is 0 Å². The summed E-state index contributed by atoms with van der Waals surface area (Å²) >= 11 is 0. The number of fused-ring (bicyclic) bond motifs is 1. The predicted octanol–water partition coefficient (Wildman–Crippen LogP) is 2.31. The number of nitrogens with zero attached hydrogens (tertiary/aromatic N) is 4. The molecule has 3 aromatic rings. The molecule has 1 saturated heterocycles. The molecular weight excluding hydrogens is 410 g/mol. The number of anilines is 3. The van der Waals surface area contributed by atoms with Gasteiger partial charge in [-0.3, -0.25) is 9.59 Å². The number of ether oxygens (including phenoxy) is 1. The molecule has 168 valence electrons. The van der Waals surface area contributed by atoms with E-state index in [-0.39, 0.29) is 23.6 Å². The Bertz CT molecular complexity index is 1190. The summed E-state index contributed by atoms with van der Waals surface area (Å²) in [5.41, 5.74) is 1.16. The lowest BCUT2D eigenvalue weighted by molar-refractivity contribution is 0.0687. The number of amides is 1. The van der Waals surface area contributed by atoms with Crippen molar-refractivity contribution in [1.82, 2.24) is 24.5 Å². The zero-order chi connectivity index (χ0) is 22.1. The number of rotatable bonds is 6. The van der Waals surface area contributed by atoms with E-state index in [1.807, 2.05) is 12.3 Å². The van der Waals surface area contributed by atoms with Crippen LogP contribution in [0.5, 0.6) is 0 Å². The van der Waals surface area contributed by atoms with Gasteiger partial charge in [0.25, 0.3) is 11.5 Å². The first-order chi connectivity index (χ1) is 15.6. The summed E-state index contributed by atoms with van der Waals surface area (Å²) in [6, 6.07) is 5.70. The highest BCUT2D eigenvalue weighted by Gasteiger charge is 2.24. The first-order valence-electron chi connectivity index (χ1n) is 11.1. The third-order valence-electron chi connectivity index (χ3n) is 6.23. The Labute approximate surface area is 185 Å². The fourth-order valence-electron chi connectivity index (χ4n) is 4.17. The molecule has 1 saturated carbocycles. The molecule has 0 radical (unpaired) electrons. The van der Waals surface area contributed by atoms with Gasteiger partial charge in [-0.1, -0.05) is 0 Å². The second-order valence-electron chi connectivity index (χ2n) is 8.27. The van der Waals surface area contributed by atoms with Crippen molar-refractivity contribution < 1.29 is 9.53 Å². The van der Waals surface area contributed by atoms with Gasteiger partial charge in [0.1, 0.15) is 22.9 Å². The summed E-state index contributed by atoms with van der Waals surface area (Å²) in [7, 11) is 1.77. The van der Waals surface area contributed by atoms with Gasteiger partial charge in [0.05, 0.1) is 6.20 Å². The van der Waals surface area contributed by atoms with Crippen LogP contribution >= 0.6 is 0 Å². The van der Waals surface area contributed by atoms with Crippen LogP contribution in [-0.4, -0.2) is 51.4 Å². The number of aromatic nitrogens is 4. The van der Waals surface area contributed by atoms with Crippen molar-refractivity contribution in [3.63, 3.8) is 0 Å². The normalized spacial score (nSPS) is 17.2. The number of hydrogen-bond donors (Lipinski definition) is 3. The molecule has 10 heteroatoms. The molecule has 2 fully saturated rings. The zero-order valence-corrected chi connectivity index (χ0v) is 18.0. The minimum atomic E-state index is -0.182. The van der Waals surface area contributed by atoms with Crippen LogP contribution in [-0.2, 0) is 4.74 Å². The number of carbonyl (C=O) groups is 1. The highest BCUT2D eigenvalue weighted by molar-refractivity contribution is 6.00. The van der Waals surface area contributed by atoms with Crippen molar-refractivity contribution >= 4 is 28.9 Å². The van der Waals surface area contributed by atoms with Gasteiger partial charge in [0.15, 0.2) is 5.65 Å². The number of pyridine rings is 1. The van der Waals surface area contributed by atoms with Crippen LogP contribution in [0.3, 0.4) is 0 Å². The second-order valence-corrected chi connectivity index (χ2v) is 8.27. The Morgan fingerprint density at radius 1 is 1.22 bits per heavy atom. The summed E-state index contributed by atoms with van der Waals surface area (Å²) in [6.07, 6.45) is 8.11. The van der Waals surface area contributed by atoms with Crippen LogP contribution in [0.25, 0.3) is 5.65 Å². The maximum absolute atomic E-state index is 13.1. The molecule has 32 heavy (non-hydrogen) atoms. The van der Waals surface area contributed by atoms with Gasteiger partial charge < -0.3 is 25.3 Å². The molecule has 1 amide bonds. The molecule has 4 heterocycles. The number of nitrogens with one attached hydrogen (secondary N) is 3. The Balaban J connectivity index is 1.47. The molecule has 1 aliphatic heterocycles. The van der Waals surface area contributed by atoms with Gasteiger partial charge in [-0.15, -0.1) is 0 Å². The molecule has 5 rings (SSSR count). The van der Waals surface area contributed by atoms with Crippen molar-refractivity contribution in [2.45, 2.75) is 44.2 Å². The van der Waals surface area contributed by atoms with Gasteiger partial charge in [-0.25, -0.2) is 4.98 Å². The Hall–Kier alpha value is -3.40. The van der Waals surface area contributed by atoms with Gasteiger partial charge in [0.2, 0.25) is 0 Å². The van der Waals surface area contributed by atoms with E-state index < -0.39 is 0 Å². The SMILES string of the molecule is CNc1cc(Nc2cccn(C3CCOCC3)c2=O)nc2c(C(=O)NC3CCC3)cnn12. The van der Waals surface area contributed by atoms with Crippen LogP contribution in [0, 0.1) is 0 Å². The lowest BCUT2D eigenvalue weighted by Crippen LogP contribution is -2.39. The molecule has 10 nitrogen and oxygen atoms in total. The standard InChI is InChI=1S/C22H27N7O3/c1-23-19-12-18(26-17-6-3-9-28(22(17)31)15-7-10-32-11-8-15)27-20-16(13-24-29(19)20)21(30)25-14-4-2-5-14/h3,6,9,12-15,23H,2,4-5,7-8,10-11H2,1H3,(H,25,30)(H,26,27). The third kappa shape index (κ3) is 3.81. The van der Waals surface area contributed by atoms with E-state index in [1.165, 1.54) is 6.20 Å². The fourth-order valence-corrected chi connectivity index (χ4v) is 4.17. The molecular formula is C22H27N7O3. The molecule has 3 N–H and O–H groups in total. The molecule has 0 unspecified atom stereocenters. The average Bonchev–Trinajstić information content (AvgIpc) is 3.22. The van der Waals surface area contributed by atoms with Crippen LogP contribution < -0.4 is 21.5 Å². The van der Waals surface area contributed by atoms with Crippen molar-refractivity contribution in [1.29, 1.82) is 0 Å². The van der Waals surface area contributed by atoms with E-state index in [4.69, 9.17) is 4.74 Å². The Morgan fingerprint density at radius 3 is 2.75 bits per heavy atom. The van der Waals surface area contributed by atoms with Gasteiger partial charge in [0, 0.05) is 44.6 Å². The van der Waals surface area contributed by atoms with Crippen molar-refractivity contribution in [3.05, 3.63) is 46.5 Å². The van der Waals surface area contributed by atoms with E-state index in [2.05, 4.69) is 26.0 Å². The summed E-state index contributed by atoms with van der Waals surface area (Å²) < 4.78 is 8.77. The van der Waals surface area contributed by atoms with E-state index in [9.17, 15) is 9.59 Å². The minimum Gasteiger partial charge on any atom is -0.381 e. The topological polar surface area (TPSA) is 115 Å². The lowest BCUT2D eigenvalue weighted by Gasteiger charge is -2.26. The quantitative estimate of drug-likeness (QED) is 0.542. The summed E-state index contributed by atoms with van der Waals surface area (Å²) in [4.78, 5) is 30.5. The number of carbonyl (C=O) groups excluding carboxylic acids is 1. The van der Waals surface area contributed by atoms with Gasteiger partial charge in [-0.05, 0) is 44.2 Å². The van der Waals surface area contributed by atoms with Gasteiger partial charge >= 0.3 is 0 Å². The zero-order valence-electron chi connectivity index (χ0n) is 18.0. The molecule has 1 aliphatic carbocycles. The smallest absolute Gasteiger partial charge is 0.274 e. The Kier molecular flexibility index (Phi) is 5.52. The summed E-state index contributed by atoms with van der Waals surface area (Å²) in [5.74, 6) is 0.931. The van der Waals surface area contributed by atoms with Crippen molar-refractivity contribution in [2.24, 2.45) is 0 Å². The van der Waals surface area contributed by atoms with E-state index in [1.54, 1.807) is 28.3 Å².